The SMILES string of the molecule is CCCCCc1nc(CC)nn1Cc1ccc(-c2ccccc2C(=O)O)cc1. The number of rotatable bonds is 9. The second kappa shape index (κ2) is 9.31. The van der Waals surface area contributed by atoms with Gasteiger partial charge in [-0.15, -0.1) is 0 Å². The van der Waals surface area contributed by atoms with E-state index in [9.17, 15) is 9.90 Å². The van der Waals surface area contributed by atoms with Gasteiger partial charge in [0.2, 0.25) is 0 Å². The van der Waals surface area contributed by atoms with Gasteiger partial charge in [-0.3, -0.25) is 0 Å². The predicted octanol–water partition coefficient (Wildman–Crippen LogP) is 4.99. The largest absolute Gasteiger partial charge is 0.478 e. The average molecular weight is 377 g/mol. The number of nitrogens with zero attached hydrogens (tertiary/aromatic N) is 3. The molecule has 5 heteroatoms. The smallest absolute Gasteiger partial charge is 0.336 e. The van der Waals surface area contributed by atoms with Gasteiger partial charge in [0.25, 0.3) is 0 Å². The molecule has 0 atom stereocenters. The maximum atomic E-state index is 11.5. The molecule has 0 aliphatic carbocycles. The van der Waals surface area contributed by atoms with Gasteiger partial charge in [-0.1, -0.05) is 69.2 Å². The minimum Gasteiger partial charge on any atom is -0.478 e. The molecule has 3 aromatic rings. The van der Waals surface area contributed by atoms with Crippen LogP contribution in [0, 0.1) is 0 Å². The fourth-order valence-corrected chi connectivity index (χ4v) is 3.30. The number of hydrogen-bond donors (Lipinski definition) is 1. The van der Waals surface area contributed by atoms with Crippen molar-refractivity contribution >= 4 is 5.97 Å². The molecular weight excluding hydrogens is 350 g/mol. The molecule has 0 aliphatic rings. The average Bonchev–Trinajstić information content (AvgIpc) is 3.10. The van der Waals surface area contributed by atoms with Crippen LogP contribution in [0.15, 0.2) is 48.5 Å². The molecule has 0 saturated heterocycles. The van der Waals surface area contributed by atoms with Gasteiger partial charge in [0.1, 0.15) is 5.82 Å². The Morgan fingerprint density at radius 2 is 1.79 bits per heavy atom. The summed E-state index contributed by atoms with van der Waals surface area (Å²) in [4.78, 5) is 16.1. The first-order valence-electron chi connectivity index (χ1n) is 9.96. The third-order valence-corrected chi connectivity index (χ3v) is 4.87. The van der Waals surface area contributed by atoms with Crippen LogP contribution in [-0.2, 0) is 19.4 Å². The minimum atomic E-state index is -0.911. The number of carbonyl (C=O) groups is 1. The Hall–Kier alpha value is -2.95. The van der Waals surface area contributed by atoms with Gasteiger partial charge in [0, 0.05) is 12.8 Å². The van der Waals surface area contributed by atoms with Crippen molar-refractivity contribution in [3.05, 3.63) is 71.3 Å². The van der Waals surface area contributed by atoms with Crippen molar-refractivity contribution in [3.8, 4) is 11.1 Å². The summed E-state index contributed by atoms with van der Waals surface area (Å²) in [5.41, 5.74) is 3.08. The summed E-state index contributed by atoms with van der Waals surface area (Å²) in [7, 11) is 0. The van der Waals surface area contributed by atoms with E-state index in [0.29, 0.717) is 12.1 Å². The molecule has 0 spiro atoms. The number of benzene rings is 2. The van der Waals surface area contributed by atoms with E-state index in [1.54, 1.807) is 12.1 Å². The number of aryl methyl sites for hydroxylation is 2. The Kier molecular flexibility index (Phi) is 6.58. The Labute approximate surface area is 166 Å². The van der Waals surface area contributed by atoms with Crippen molar-refractivity contribution in [1.29, 1.82) is 0 Å². The van der Waals surface area contributed by atoms with Crippen molar-refractivity contribution in [3.63, 3.8) is 0 Å². The lowest BCUT2D eigenvalue weighted by atomic mass is 9.99. The molecule has 0 aliphatic heterocycles. The predicted molar refractivity (Wildman–Crippen MR) is 111 cm³/mol. The van der Waals surface area contributed by atoms with E-state index < -0.39 is 5.97 Å². The Morgan fingerprint density at radius 3 is 2.46 bits per heavy atom. The fraction of sp³-hybridized carbons (Fsp3) is 0.348. The molecule has 0 fully saturated rings. The van der Waals surface area contributed by atoms with E-state index in [1.165, 1.54) is 12.8 Å². The maximum absolute atomic E-state index is 11.5. The summed E-state index contributed by atoms with van der Waals surface area (Å²) in [6, 6.07) is 15.1. The fourth-order valence-electron chi connectivity index (χ4n) is 3.30. The summed E-state index contributed by atoms with van der Waals surface area (Å²) < 4.78 is 2.01. The molecule has 1 N–H and O–H groups in total. The van der Waals surface area contributed by atoms with E-state index in [1.807, 2.05) is 41.1 Å². The first kappa shape index (κ1) is 19.8. The van der Waals surface area contributed by atoms with Gasteiger partial charge in [0.15, 0.2) is 5.82 Å². The number of aromatic nitrogens is 3. The van der Waals surface area contributed by atoms with Gasteiger partial charge in [-0.25, -0.2) is 14.5 Å². The zero-order valence-electron chi connectivity index (χ0n) is 16.6. The number of unbranched alkanes of at least 4 members (excludes halogenated alkanes) is 2. The van der Waals surface area contributed by atoms with Crippen LogP contribution >= 0.6 is 0 Å². The number of hydrogen-bond acceptors (Lipinski definition) is 3. The third-order valence-electron chi connectivity index (χ3n) is 4.87. The summed E-state index contributed by atoms with van der Waals surface area (Å²) in [6.07, 6.45) is 5.30. The molecule has 5 nitrogen and oxygen atoms in total. The molecule has 2 aromatic carbocycles. The molecule has 28 heavy (non-hydrogen) atoms. The van der Waals surface area contributed by atoms with Crippen molar-refractivity contribution in [2.45, 2.75) is 52.5 Å². The van der Waals surface area contributed by atoms with Crippen LogP contribution in [0.3, 0.4) is 0 Å². The number of aromatic carboxylic acids is 1. The Balaban J connectivity index is 1.80. The normalized spacial score (nSPS) is 10.9. The zero-order chi connectivity index (χ0) is 19.9. The van der Waals surface area contributed by atoms with Gasteiger partial charge >= 0.3 is 5.97 Å². The highest BCUT2D eigenvalue weighted by molar-refractivity contribution is 5.95. The quantitative estimate of drug-likeness (QED) is 0.534. The summed E-state index contributed by atoms with van der Waals surface area (Å²) in [5, 5.41) is 14.1. The lowest BCUT2D eigenvalue weighted by Crippen LogP contribution is -2.07. The van der Waals surface area contributed by atoms with E-state index in [4.69, 9.17) is 0 Å². The molecular formula is C23H27N3O2. The Morgan fingerprint density at radius 1 is 1.04 bits per heavy atom. The van der Waals surface area contributed by atoms with Crippen LogP contribution in [0.4, 0.5) is 0 Å². The van der Waals surface area contributed by atoms with Crippen molar-refractivity contribution < 1.29 is 9.90 Å². The first-order valence-corrected chi connectivity index (χ1v) is 9.96. The Bertz CT molecular complexity index is 929. The molecule has 146 valence electrons. The molecule has 0 unspecified atom stereocenters. The maximum Gasteiger partial charge on any atom is 0.336 e. The van der Waals surface area contributed by atoms with Crippen LogP contribution in [0.25, 0.3) is 11.1 Å². The summed E-state index contributed by atoms with van der Waals surface area (Å²) in [5.74, 6) is 1.02. The zero-order valence-corrected chi connectivity index (χ0v) is 16.6. The summed E-state index contributed by atoms with van der Waals surface area (Å²) >= 11 is 0. The third kappa shape index (κ3) is 4.66. The van der Waals surface area contributed by atoms with Crippen LogP contribution in [0.2, 0.25) is 0 Å². The van der Waals surface area contributed by atoms with Crippen molar-refractivity contribution in [2.24, 2.45) is 0 Å². The number of carboxylic acids is 1. The van der Waals surface area contributed by atoms with Gasteiger partial charge in [0.05, 0.1) is 12.1 Å². The van der Waals surface area contributed by atoms with Crippen molar-refractivity contribution in [2.75, 3.05) is 0 Å². The van der Waals surface area contributed by atoms with Gasteiger partial charge in [-0.2, -0.15) is 5.10 Å². The minimum absolute atomic E-state index is 0.317. The second-order valence-corrected chi connectivity index (χ2v) is 6.96. The molecule has 0 bridgehead atoms. The van der Waals surface area contributed by atoms with E-state index >= 15 is 0 Å². The van der Waals surface area contributed by atoms with E-state index in [0.717, 1.165) is 47.6 Å². The lowest BCUT2D eigenvalue weighted by Gasteiger charge is -2.09. The monoisotopic (exact) mass is 377 g/mol. The molecule has 1 aromatic heterocycles. The number of carboxylic acid groups (broad SMARTS) is 1. The molecule has 0 amide bonds. The molecule has 3 rings (SSSR count). The van der Waals surface area contributed by atoms with Crippen LogP contribution < -0.4 is 0 Å². The van der Waals surface area contributed by atoms with Crippen LogP contribution in [0.5, 0.6) is 0 Å². The highest BCUT2D eigenvalue weighted by Gasteiger charge is 2.12. The lowest BCUT2D eigenvalue weighted by molar-refractivity contribution is 0.0697. The highest BCUT2D eigenvalue weighted by atomic mass is 16.4. The summed E-state index contributed by atoms with van der Waals surface area (Å²) in [6.45, 7) is 4.95. The second-order valence-electron chi connectivity index (χ2n) is 6.96. The standard InChI is InChI=1S/C23H27N3O2/c1-3-5-6-11-22-24-21(4-2)25-26(22)16-17-12-14-18(15-13-17)19-9-7-8-10-20(19)23(27)28/h7-10,12-15H,3-6,11,16H2,1-2H3,(H,27,28). The van der Waals surface area contributed by atoms with Crippen molar-refractivity contribution in [1.82, 2.24) is 14.8 Å². The van der Waals surface area contributed by atoms with Crippen LogP contribution in [-0.4, -0.2) is 25.8 Å². The highest BCUT2D eigenvalue weighted by Crippen LogP contribution is 2.24. The molecule has 0 radical (unpaired) electrons. The molecule has 0 saturated carbocycles. The van der Waals surface area contributed by atoms with Gasteiger partial charge < -0.3 is 5.11 Å². The van der Waals surface area contributed by atoms with Crippen LogP contribution in [0.1, 0.15) is 60.7 Å². The van der Waals surface area contributed by atoms with E-state index in [-0.39, 0.29) is 0 Å². The van der Waals surface area contributed by atoms with Gasteiger partial charge in [-0.05, 0) is 29.2 Å². The molecule has 1 heterocycles. The topological polar surface area (TPSA) is 68.0 Å². The van der Waals surface area contributed by atoms with E-state index in [2.05, 4.69) is 23.9 Å². The first-order chi connectivity index (χ1) is 13.6.